The highest BCUT2D eigenvalue weighted by Crippen LogP contribution is 2.32. The Kier molecular flexibility index (Phi) is 3.67. The second kappa shape index (κ2) is 5.35. The normalized spacial score (nSPS) is 12.8. The summed E-state index contributed by atoms with van der Waals surface area (Å²) in [4.78, 5) is 19.6. The van der Waals surface area contributed by atoms with Crippen molar-refractivity contribution < 1.29 is 0 Å². The Labute approximate surface area is 134 Å². The number of hydrogen-bond donors (Lipinski definition) is 3. The lowest BCUT2D eigenvalue weighted by atomic mass is 10.1. The summed E-state index contributed by atoms with van der Waals surface area (Å²) in [5.74, 6) is 0. The fourth-order valence-corrected chi connectivity index (χ4v) is 4.04. The standard InChI is InChI=1S/C15H16BrN3OS/c1-7-4-10(9(3)21-7)8(2)17-12-6-14-13(5-11(12)16)18-15(20)19-14/h4-6,8,17H,1-3H3,(H2,18,19,20). The van der Waals surface area contributed by atoms with Crippen molar-refractivity contribution in [3.8, 4) is 0 Å². The van der Waals surface area contributed by atoms with E-state index < -0.39 is 0 Å². The fraction of sp³-hybridized carbons (Fsp3) is 0.267. The molecule has 3 aromatic rings. The predicted octanol–water partition coefficient (Wildman–Crippen LogP) is 4.47. The molecule has 1 aromatic carbocycles. The van der Waals surface area contributed by atoms with Crippen molar-refractivity contribution in [2.45, 2.75) is 26.8 Å². The number of imidazole rings is 1. The quantitative estimate of drug-likeness (QED) is 0.641. The lowest BCUT2D eigenvalue weighted by Crippen LogP contribution is -2.07. The molecule has 0 spiro atoms. The number of hydrogen-bond acceptors (Lipinski definition) is 3. The monoisotopic (exact) mass is 365 g/mol. The SMILES string of the molecule is Cc1cc(C(C)Nc2cc3[nH]c(=O)[nH]c3cc2Br)c(C)s1. The first kappa shape index (κ1) is 14.4. The molecule has 0 saturated carbocycles. The van der Waals surface area contributed by atoms with Gasteiger partial charge in [0.15, 0.2) is 0 Å². The van der Waals surface area contributed by atoms with Crippen molar-refractivity contribution in [2.75, 3.05) is 5.32 Å². The van der Waals surface area contributed by atoms with Gasteiger partial charge in [-0.2, -0.15) is 0 Å². The Hall–Kier alpha value is -1.53. The van der Waals surface area contributed by atoms with Gasteiger partial charge in [-0.15, -0.1) is 11.3 Å². The molecule has 0 aliphatic carbocycles. The topological polar surface area (TPSA) is 60.7 Å². The summed E-state index contributed by atoms with van der Waals surface area (Å²) in [6.07, 6.45) is 0. The fourth-order valence-electron chi connectivity index (χ4n) is 2.56. The van der Waals surface area contributed by atoms with E-state index in [1.807, 2.05) is 23.5 Å². The number of H-pyrrole nitrogens is 2. The molecule has 0 amide bonds. The summed E-state index contributed by atoms with van der Waals surface area (Å²) >= 11 is 5.37. The van der Waals surface area contributed by atoms with Crippen LogP contribution in [0.15, 0.2) is 27.5 Å². The molecular formula is C15H16BrN3OS. The number of aromatic nitrogens is 2. The maximum absolute atomic E-state index is 11.4. The van der Waals surface area contributed by atoms with Gasteiger partial charge in [0.1, 0.15) is 0 Å². The minimum absolute atomic E-state index is 0.189. The number of nitrogens with one attached hydrogen (secondary N) is 3. The number of aromatic amines is 2. The van der Waals surface area contributed by atoms with Crippen molar-refractivity contribution in [1.82, 2.24) is 9.97 Å². The molecule has 2 aromatic heterocycles. The summed E-state index contributed by atoms with van der Waals surface area (Å²) in [7, 11) is 0. The van der Waals surface area contributed by atoms with E-state index in [0.717, 1.165) is 21.2 Å². The number of aryl methyl sites for hydroxylation is 2. The number of rotatable bonds is 3. The average Bonchev–Trinajstić information content (AvgIpc) is 2.91. The molecule has 0 bridgehead atoms. The van der Waals surface area contributed by atoms with Crippen LogP contribution in [0.3, 0.4) is 0 Å². The number of fused-ring (bicyclic) bond motifs is 1. The van der Waals surface area contributed by atoms with Crippen molar-refractivity contribution in [2.24, 2.45) is 0 Å². The summed E-state index contributed by atoms with van der Waals surface area (Å²) in [5, 5.41) is 3.51. The first-order chi connectivity index (χ1) is 9.94. The smallest absolute Gasteiger partial charge is 0.323 e. The second-order valence-electron chi connectivity index (χ2n) is 5.19. The van der Waals surface area contributed by atoms with E-state index in [9.17, 15) is 4.79 Å². The van der Waals surface area contributed by atoms with Crippen LogP contribution in [0.4, 0.5) is 5.69 Å². The highest BCUT2D eigenvalue weighted by molar-refractivity contribution is 9.10. The van der Waals surface area contributed by atoms with E-state index in [-0.39, 0.29) is 11.7 Å². The molecule has 1 unspecified atom stereocenters. The molecule has 1 atom stereocenters. The molecule has 110 valence electrons. The second-order valence-corrected chi connectivity index (χ2v) is 7.51. The number of anilines is 1. The number of thiophene rings is 1. The largest absolute Gasteiger partial charge is 0.378 e. The van der Waals surface area contributed by atoms with Crippen LogP contribution >= 0.6 is 27.3 Å². The zero-order valence-corrected chi connectivity index (χ0v) is 14.4. The van der Waals surface area contributed by atoms with Gasteiger partial charge in [-0.25, -0.2) is 4.79 Å². The zero-order valence-electron chi connectivity index (χ0n) is 12.0. The van der Waals surface area contributed by atoms with E-state index in [4.69, 9.17) is 0 Å². The Morgan fingerprint density at radius 3 is 2.48 bits per heavy atom. The maximum atomic E-state index is 11.4. The van der Waals surface area contributed by atoms with Crippen molar-refractivity contribution in [3.63, 3.8) is 0 Å². The first-order valence-electron chi connectivity index (χ1n) is 6.69. The minimum atomic E-state index is -0.189. The molecule has 0 fully saturated rings. The molecule has 3 N–H and O–H groups in total. The van der Waals surface area contributed by atoms with E-state index >= 15 is 0 Å². The van der Waals surface area contributed by atoms with Gasteiger partial charge in [-0.3, -0.25) is 0 Å². The molecule has 0 aliphatic rings. The zero-order chi connectivity index (χ0) is 15.1. The highest BCUT2D eigenvalue weighted by Gasteiger charge is 2.13. The van der Waals surface area contributed by atoms with Crippen LogP contribution in [0.5, 0.6) is 0 Å². The lowest BCUT2D eigenvalue weighted by Gasteiger charge is -2.16. The summed E-state index contributed by atoms with van der Waals surface area (Å²) in [6, 6.07) is 6.29. The van der Waals surface area contributed by atoms with Crippen LogP contribution in [0.1, 0.15) is 28.3 Å². The third kappa shape index (κ3) is 2.78. The van der Waals surface area contributed by atoms with Gasteiger partial charge in [0.05, 0.1) is 16.7 Å². The Morgan fingerprint density at radius 2 is 1.86 bits per heavy atom. The first-order valence-corrected chi connectivity index (χ1v) is 8.30. The van der Waals surface area contributed by atoms with Gasteiger partial charge in [0, 0.05) is 20.3 Å². The average molecular weight is 366 g/mol. The van der Waals surface area contributed by atoms with E-state index in [1.165, 1.54) is 15.3 Å². The van der Waals surface area contributed by atoms with Crippen molar-refractivity contribution >= 4 is 44.0 Å². The van der Waals surface area contributed by atoms with Crippen LogP contribution in [-0.2, 0) is 0 Å². The van der Waals surface area contributed by atoms with E-state index in [2.05, 4.69) is 58.1 Å². The van der Waals surface area contributed by atoms with Gasteiger partial charge >= 0.3 is 5.69 Å². The molecule has 4 nitrogen and oxygen atoms in total. The third-order valence-electron chi connectivity index (χ3n) is 3.52. The van der Waals surface area contributed by atoms with Crippen LogP contribution in [0.25, 0.3) is 11.0 Å². The molecule has 0 aliphatic heterocycles. The van der Waals surface area contributed by atoms with Gasteiger partial charge in [0.25, 0.3) is 0 Å². The molecule has 3 rings (SSSR count). The van der Waals surface area contributed by atoms with E-state index in [0.29, 0.717) is 0 Å². The van der Waals surface area contributed by atoms with Crippen LogP contribution < -0.4 is 11.0 Å². The Morgan fingerprint density at radius 1 is 1.19 bits per heavy atom. The molecule has 0 radical (unpaired) electrons. The van der Waals surface area contributed by atoms with Gasteiger partial charge in [-0.05, 0) is 60.5 Å². The lowest BCUT2D eigenvalue weighted by molar-refractivity contribution is 0.881. The molecule has 6 heteroatoms. The molecule has 2 heterocycles. The minimum Gasteiger partial charge on any atom is -0.378 e. The number of halogens is 1. The van der Waals surface area contributed by atoms with Crippen molar-refractivity contribution in [1.29, 1.82) is 0 Å². The van der Waals surface area contributed by atoms with Gasteiger partial charge in [-0.1, -0.05) is 0 Å². The molecular weight excluding hydrogens is 350 g/mol. The van der Waals surface area contributed by atoms with Crippen LogP contribution in [0, 0.1) is 13.8 Å². The van der Waals surface area contributed by atoms with Gasteiger partial charge < -0.3 is 15.3 Å². The van der Waals surface area contributed by atoms with Crippen LogP contribution in [-0.4, -0.2) is 9.97 Å². The van der Waals surface area contributed by atoms with Crippen molar-refractivity contribution in [3.05, 3.63) is 48.5 Å². The molecule has 0 saturated heterocycles. The van der Waals surface area contributed by atoms with Gasteiger partial charge in [0.2, 0.25) is 0 Å². The number of benzene rings is 1. The summed E-state index contributed by atoms with van der Waals surface area (Å²) in [5.41, 5.74) is 3.69. The molecule has 21 heavy (non-hydrogen) atoms. The highest BCUT2D eigenvalue weighted by atomic mass is 79.9. The summed E-state index contributed by atoms with van der Waals surface area (Å²) in [6.45, 7) is 6.42. The maximum Gasteiger partial charge on any atom is 0.323 e. The van der Waals surface area contributed by atoms with Crippen LogP contribution in [0.2, 0.25) is 0 Å². The van der Waals surface area contributed by atoms with E-state index in [1.54, 1.807) is 0 Å². The third-order valence-corrected chi connectivity index (χ3v) is 5.16. The summed E-state index contributed by atoms with van der Waals surface area (Å²) < 4.78 is 0.932. The Bertz CT molecular complexity index is 862. The Balaban J connectivity index is 1.95. The predicted molar refractivity (Wildman–Crippen MR) is 92.5 cm³/mol.